The highest BCUT2D eigenvalue weighted by Crippen LogP contribution is 2.16. The predicted octanol–water partition coefficient (Wildman–Crippen LogP) is 1.52. The van der Waals surface area contributed by atoms with E-state index in [0.29, 0.717) is 24.3 Å². The fourth-order valence-corrected chi connectivity index (χ4v) is 1.45. The number of nitrogens with zero attached hydrogens (tertiary/aromatic N) is 3. The molecule has 0 aliphatic heterocycles. The van der Waals surface area contributed by atoms with Crippen LogP contribution < -0.4 is 4.74 Å². The molecule has 17 heavy (non-hydrogen) atoms. The highest BCUT2D eigenvalue weighted by atomic mass is 16.5. The molecule has 5 nitrogen and oxygen atoms in total. The molecule has 2 aromatic heterocycles. The third-order valence-corrected chi connectivity index (χ3v) is 2.43. The highest BCUT2D eigenvalue weighted by molar-refractivity contribution is 5.76. The van der Waals surface area contributed by atoms with Gasteiger partial charge in [0.15, 0.2) is 6.29 Å². The van der Waals surface area contributed by atoms with Crippen molar-refractivity contribution in [2.75, 3.05) is 0 Å². The number of aldehydes is 1. The number of aromatic nitrogens is 3. The maximum atomic E-state index is 10.8. The Morgan fingerprint density at radius 1 is 1.47 bits per heavy atom. The van der Waals surface area contributed by atoms with E-state index in [4.69, 9.17) is 4.74 Å². The van der Waals surface area contributed by atoms with Gasteiger partial charge in [0.25, 0.3) is 0 Å². The Bertz CT molecular complexity index is 534. The van der Waals surface area contributed by atoms with Crippen molar-refractivity contribution >= 4 is 6.29 Å². The van der Waals surface area contributed by atoms with E-state index in [2.05, 4.69) is 9.97 Å². The van der Waals surface area contributed by atoms with Crippen LogP contribution in [0.15, 0.2) is 24.7 Å². The first-order valence-electron chi connectivity index (χ1n) is 5.21. The van der Waals surface area contributed by atoms with E-state index < -0.39 is 0 Å². The summed E-state index contributed by atoms with van der Waals surface area (Å²) in [5.74, 6) is 0.492. The highest BCUT2D eigenvalue weighted by Gasteiger charge is 2.06. The third-order valence-electron chi connectivity index (χ3n) is 2.43. The minimum Gasteiger partial charge on any atom is -0.485 e. The van der Waals surface area contributed by atoms with Crippen LogP contribution in [0.5, 0.6) is 5.75 Å². The van der Waals surface area contributed by atoms with E-state index in [1.807, 2.05) is 24.6 Å². The van der Waals surface area contributed by atoms with Crippen molar-refractivity contribution in [2.45, 2.75) is 13.5 Å². The lowest BCUT2D eigenvalue weighted by Crippen LogP contribution is -2.04. The molecule has 0 fully saturated rings. The van der Waals surface area contributed by atoms with E-state index >= 15 is 0 Å². The minimum absolute atomic E-state index is 0.326. The number of imidazole rings is 1. The van der Waals surface area contributed by atoms with Crippen LogP contribution in [0.4, 0.5) is 0 Å². The minimum atomic E-state index is 0.326. The zero-order valence-electron chi connectivity index (χ0n) is 9.75. The van der Waals surface area contributed by atoms with Gasteiger partial charge >= 0.3 is 0 Å². The van der Waals surface area contributed by atoms with Crippen molar-refractivity contribution in [2.24, 2.45) is 7.05 Å². The quantitative estimate of drug-likeness (QED) is 0.748. The Morgan fingerprint density at radius 3 is 2.94 bits per heavy atom. The number of rotatable bonds is 4. The van der Waals surface area contributed by atoms with Crippen LogP contribution >= 0.6 is 0 Å². The number of aryl methyl sites for hydroxylation is 2. The van der Waals surface area contributed by atoms with Gasteiger partial charge in [-0.3, -0.25) is 4.79 Å². The zero-order valence-corrected chi connectivity index (χ0v) is 9.75. The largest absolute Gasteiger partial charge is 0.485 e. The normalized spacial score (nSPS) is 10.2. The summed E-state index contributed by atoms with van der Waals surface area (Å²) in [5, 5.41) is 0. The van der Waals surface area contributed by atoms with Gasteiger partial charge in [-0.2, -0.15) is 0 Å². The van der Waals surface area contributed by atoms with E-state index in [9.17, 15) is 4.79 Å². The molecule has 0 bridgehead atoms. The van der Waals surface area contributed by atoms with Gasteiger partial charge < -0.3 is 9.30 Å². The summed E-state index contributed by atoms with van der Waals surface area (Å²) in [7, 11) is 1.89. The van der Waals surface area contributed by atoms with Gasteiger partial charge in [0.2, 0.25) is 0 Å². The summed E-state index contributed by atoms with van der Waals surface area (Å²) in [6.07, 6.45) is 4.13. The van der Waals surface area contributed by atoms with Gasteiger partial charge in [-0.1, -0.05) is 0 Å². The molecular weight excluding hydrogens is 218 g/mol. The molecule has 2 aromatic rings. The summed E-state index contributed by atoms with van der Waals surface area (Å²) >= 11 is 0. The number of carbonyl (C=O) groups excluding carboxylic acids is 1. The first-order chi connectivity index (χ1) is 8.20. The van der Waals surface area contributed by atoms with Crippen LogP contribution in [0.1, 0.15) is 21.9 Å². The zero-order chi connectivity index (χ0) is 12.3. The fourth-order valence-electron chi connectivity index (χ4n) is 1.45. The topological polar surface area (TPSA) is 57.0 Å². The maximum Gasteiger partial charge on any atom is 0.172 e. The Balaban J connectivity index is 2.14. The third kappa shape index (κ3) is 2.50. The van der Waals surface area contributed by atoms with Crippen LogP contribution in [0.2, 0.25) is 0 Å². The lowest BCUT2D eigenvalue weighted by molar-refractivity contribution is 0.111. The average molecular weight is 231 g/mol. The van der Waals surface area contributed by atoms with Gasteiger partial charge in [-0.05, 0) is 19.1 Å². The van der Waals surface area contributed by atoms with Crippen molar-refractivity contribution in [3.05, 3.63) is 41.7 Å². The van der Waals surface area contributed by atoms with Gasteiger partial charge in [0, 0.05) is 12.7 Å². The summed E-state index contributed by atoms with van der Waals surface area (Å²) in [6.45, 7) is 2.19. The molecule has 0 amide bonds. The van der Waals surface area contributed by atoms with E-state index in [0.717, 1.165) is 11.4 Å². The van der Waals surface area contributed by atoms with Crippen LogP contribution in [0.25, 0.3) is 0 Å². The Morgan fingerprint density at radius 2 is 2.29 bits per heavy atom. The first-order valence-corrected chi connectivity index (χ1v) is 5.21. The van der Waals surface area contributed by atoms with Crippen LogP contribution in [-0.4, -0.2) is 20.8 Å². The standard InChI is InChI=1S/C12H13N3O2/c1-9-3-4-12(11(6-16)14-9)17-7-10-5-13-8-15(10)2/h3-6,8H,7H2,1-2H3. The molecule has 0 N–H and O–H groups in total. The second kappa shape index (κ2) is 4.78. The smallest absolute Gasteiger partial charge is 0.172 e. The number of ether oxygens (including phenoxy) is 1. The van der Waals surface area contributed by atoms with E-state index in [1.54, 1.807) is 18.6 Å². The summed E-state index contributed by atoms with van der Waals surface area (Å²) < 4.78 is 7.42. The lowest BCUT2D eigenvalue weighted by Gasteiger charge is -2.08. The predicted molar refractivity (Wildman–Crippen MR) is 61.9 cm³/mol. The van der Waals surface area contributed by atoms with Crippen molar-refractivity contribution in [3.63, 3.8) is 0 Å². The Hall–Kier alpha value is -2.17. The molecular formula is C12H13N3O2. The number of carbonyl (C=O) groups is 1. The molecule has 0 unspecified atom stereocenters. The molecule has 0 radical (unpaired) electrons. The Labute approximate surface area is 99.1 Å². The molecule has 0 aliphatic carbocycles. The van der Waals surface area contributed by atoms with E-state index in [-0.39, 0.29) is 0 Å². The second-order valence-electron chi connectivity index (χ2n) is 3.74. The lowest BCUT2D eigenvalue weighted by atomic mass is 10.3. The van der Waals surface area contributed by atoms with Crippen molar-refractivity contribution in [1.82, 2.24) is 14.5 Å². The summed E-state index contributed by atoms with van der Waals surface area (Å²) in [6, 6.07) is 3.56. The van der Waals surface area contributed by atoms with Crippen molar-refractivity contribution in [1.29, 1.82) is 0 Å². The maximum absolute atomic E-state index is 10.8. The fraction of sp³-hybridized carbons (Fsp3) is 0.250. The molecule has 88 valence electrons. The van der Waals surface area contributed by atoms with Gasteiger partial charge in [0.1, 0.15) is 18.1 Å². The van der Waals surface area contributed by atoms with Crippen LogP contribution in [0.3, 0.4) is 0 Å². The van der Waals surface area contributed by atoms with Crippen molar-refractivity contribution in [3.8, 4) is 5.75 Å². The molecule has 0 saturated heterocycles. The van der Waals surface area contributed by atoms with E-state index in [1.165, 1.54) is 0 Å². The number of hydrogen-bond acceptors (Lipinski definition) is 4. The Kier molecular flexibility index (Phi) is 3.18. The summed E-state index contributed by atoms with van der Waals surface area (Å²) in [5.41, 5.74) is 2.05. The molecule has 2 rings (SSSR count). The average Bonchev–Trinajstić information content (AvgIpc) is 2.73. The molecule has 0 aliphatic rings. The first kappa shape index (κ1) is 11.3. The molecule has 5 heteroatoms. The molecule has 0 spiro atoms. The molecule has 0 aromatic carbocycles. The molecule has 0 saturated carbocycles. The summed E-state index contributed by atoms with van der Waals surface area (Å²) in [4.78, 5) is 18.9. The van der Waals surface area contributed by atoms with Crippen molar-refractivity contribution < 1.29 is 9.53 Å². The number of pyridine rings is 1. The van der Waals surface area contributed by atoms with Crippen LogP contribution in [-0.2, 0) is 13.7 Å². The molecule has 0 atom stereocenters. The molecule has 2 heterocycles. The second-order valence-corrected chi connectivity index (χ2v) is 3.74. The van der Waals surface area contributed by atoms with Crippen LogP contribution in [0, 0.1) is 6.92 Å². The van der Waals surface area contributed by atoms with Gasteiger partial charge in [0.05, 0.1) is 18.2 Å². The van der Waals surface area contributed by atoms with Gasteiger partial charge in [-0.15, -0.1) is 0 Å². The number of hydrogen-bond donors (Lipinski definition) is 0. The monoisotopic (exact) mass is 231 g/mol. The SMILES string of the molecule is Cc1ccc(OCc2cncn2C)c(C=O)n1. The van der Waals surface area contributed by atoms with Gasteiger partial charge in [-0.25, -0.2) is 9.97 Å².